The summed E-state index contributed by atoms with van der Waals surface area (Å²) in [6, 6.07) is 4.06. The van der Waals surface area contributed by atoms with Gasteiger partial charge in [-0.05, 0) is 31.2 Å². The maximum absolute atomic E-state index is 12.4. The van der Waals surface area contributed by atoms with Gasteiger partial charge in [-0.1, -0.05) is 19.9 Å². The molecule has 0 atom stereocenters. The predicted octanol–water partition coefficient (Wildman–Crippen LogP) is 2.61. The second kappa shape index (κ2) is 6.17. The molecule has 0 aliphatic heterocycles. The number of hydrogen-bond acceptors (Lipinski definition) is 3. The summed E-state index contributed by atoms with van der Waals surface area (Å²) in [4.78, 5) is 15.4. The highest BCUT2D eigenvalue weighted by molar-refractivity contribution is 7.09. The van der Waals surface area contributed by atoms with Gasteiger partial charge in [0.25, 0.3) is 0 Å². The van der Waals surface area contributed by atoms with Gasteiger partial charge in [0.15, 0.2) is 0 Å². The molecule has 0 saturated carbocycles. The molecule has 4 heteroatoms. The normalized spacial score (nSPS) is 11.5. The van der Waals surface area contributed by atoms with E-state index >= 15 is 0 Å². The third-order valence-electron chi connectivity index (χ3n) is 3.28. The highest BCUT2D eigenvalue weighted by Gasteiger charge is 2.33. The molecule has 1 aromatic rings. The van der Waals surface area contributed by atoms with Crippen LogP contribution in [0.15, 0.2) is 17.5 Å². The molecule has 2 N–H and O–H groups in total. The van der Waals surface area contributed by atoms with E-state index in [9.17, 15) is 4.79 Å². The standard InChI is InChI=1S/C13H22N2OS/c1-4-13(14,5-2)12(16)15(6-3)10-11-8-7-9-17-11/h7-9H,4-6,10,14H2,1-3H3. The number of rotatable bonds is 6. The van der Waals surface area contributed by atoms with Gasteiger partial charge < -0.3 is 10.6 Å². The number of nitrogens with zero attached hydrogens (tertiary/aromatic N) is 1. The number of likely N-dealkylation sites (N-methyl/N-ethyl adjacent to an activating group) is 1. The van der Waals surface area contributed by atoms with E-state index in [0.29, 0.717) is 25.9 Å². The number of carbonyl (C=O) groups excluding carboxylic acids is 1. The zero-order valence-electron chi connectivity index (χ0n) is 10.9. The third kappa shape index (κ3) is 3.30. The second-order valence-corrected chi connectivity index (χ2v) is 5.29. The van der Waals surface area contributed by atoms with Crippen LogP contribution in [0, 0.1) is 0 Å². The molecule has 0 spiro atoms. The van der Waals surface area contributed by atoms with Crippen molar-refractivity contribution in [2.75, 3.05) is 6.54 Å². The molecular weight excluding hydrogens is 232 g/mol. The fraction of sp³-hybridized carbons (Fsp3) is 0.615. The average molecular weight is 254 g/mol. The van der Waals surface area contributed by atoms with Gasteiger partial charge in [-0.2, -0.15) is 0 Å². The van der Waals surface area contributed by atoms with Crippen LogP contribution in [0.25, 0.3) is 0 Å². The summed E-state index contributed by atoms with van der Waals surface area (Å²) in [5, 5.41) is 2.03. The lowest BCUT2D eigenvalue weighted by atomic mass is 9.92. The van der Waals surface area contributed by atoms with Crippen LogP contribution in [-0.2, 0) is 11.3 Å². The fourth-order valence-corrected chi connectivity index (χ4v) is 2.50. The van der Waals surface area contributed by atoms with Gasteiger partial charge >= 0.3 is 0 Å². The largest absolute Gasteiger partial charge is 0.336 e. The van der Waals surface area contributed by atoms with Gasteiger partial charge in [0.1, 0.15) is 0 Å². The molecule has 0 aliphatic carbocycles. The Bertz CT molecular complexity index is 344. The molecule has 0 unspecified atom stereocenters. The van der Waals surface area contributed by atoms with E-state index in [1.807, 2.05) is 37.1 Å². The summed E-state index contributed by atoms with van der Waals surface area (Å²) in [7, 11) is 0. The van der Waals surface area contributed by atoms with Gasteiger partial charge in [0.2, 0.25) is 5.91 Å². The van der Waals surface area contributed by atoms with Gasteiger partial charge in [0.05, 0.1) is 12.1 Å². The monoisotopic (exact) mass is 254 g/mol. The van der Waals surface area contributed by atoms with Gasteiger partial charge in [-0.25, -0.2) is 0 Å². The first-order valence-electron chi connectivity index (χ1n) is 6.18. The van der Waals surface area contributed by atoms with Crippen molar-refractivity contribution in [2.24, 2.45) is 5.73 Å². The molecule has 96 valence electrons. The number of thiophene rings is 1. The maximum Gasteiger partial charge on any atom is 0.242 e. The first kappa shape index (κ1) is 14.2. The Morgan fingerprint density at radius 3 is 2.47 bits per heavy atom. The highest BCUT2D eigenvalue weighted by atomic mass is 32.1. The molecule has 3 nitrogen and oxygen atoms in total. The van der Waals surface area contributed by atoms with Crippen molar-refractivity contribution in [3.8, 4) is 0 Å². The Balaban J connectivity index is 2.77. The number of nitrogens with two attached hydrogens (primary N) is 1. The summed E-state index contributed by atoms with van der Waals surface area (Å²) >= 11 is 1.68. The Morgan fingerprint density at radius 1 is 1.41 bits per heavy atom. The van der Waals surface area contributed by atoms with Crippen LogP contribution in [0.4, 0.5) is 0 Å². The lowest BCUT2D eigenvalue weighted by molar-refractivity contribution is -0.137. The minimum atomic E-state index is -0.701. The minimum absolute atomic E-state index is 0.0680. The second-order valence-electron chi connectivity index (χ2n) is 4.26. The number of amides is 1. The van der Waals surface area contributed by atoms with Crippen LogP contribution in [0.5, 0.6) is 0 Å². The first-order valence-corrected chi connectivity index (χ1v) is 7.06. The van der Waals surface area contributed by atoms with E-state index in [1.54, 1.807) is 11.3 Å². The van der Waals surface area contributed by atoms with Crippen molar-refractivity contribution < 1.29 is 4.79 Å². The molecule has 0 aliphatic rings. The van der Waals surface area contributed by atoms with Crippen LogP contribution in [0.3, 0.4) is 0 Å². The smallest absolute Gasteiger partial charge is 0.242 e. The molecule has 0 aromatic carbocycles. The van der Waals surface area contributed by atoms with Crippen molar-refractivity contribution in [3.63, 3.8) is 0 Å². The first-order chi connectivity index (χ1) is 8.07. The van der Waals surface area contributed by atoms with E-state index in [-0.39, 0.29) is 5.91 Å². The zero-order chi connectivity index (χ0) is 12.9. The quantitative estimate of drug-likeness (QED) is 0.848. The summed E-state index contributed by atoms with van der Waals surface area (Å²) in [6.45, 7) is 7.32. The van der Waals surface area contributed by atoms with Gasteiger partial charge in [-0.3, -0.25) is 4.79 Å². The Labute approximate surface area is 108 Å². The molecule has 17 heavy (non-hydrogen) atoms. The van der Waals surface area contributed by atoms with Crippen molar-refractivity contribution in [3.05, 3.63) is 22.4 Å². The number of carbonyl (C=O) groups is 1. The average Bonchev–Trinajstić information content (AvgIpc) is 2.87. The minimum Gasteiger partial charge on any atom is -0.336 e. The molecule has 0 bridgehead atoms. The molecule has 1 aromatic heterocycles. The molecular formula is C13H22N2OS. The molecule has 1 rings (SSSR count). The van der Waals surface area contributed by atoms with Gasteiger partial charge in [-0.15, -0.1) is 11.3 Å². The molecule has 1 amide bonds. The van der Waals surface area contributed by atoms with E-state index < -0.39 is 5.54 Å². The van der Waals surface area contributed by atoms with E-state index in [1.165, 1.54) is 4.88 Å². The van der Waals surface area contributed by atoms with Crippen LogP contribution >= 0.6 is 11.3 Å². The SMILES string of the molecule is CCN(Cc1cccs1)C(=O)C(N)(CC)CC. The van der Waals surface area contributed by atoms with E-state index in [0.717, 1.165) is 0 Å². The third-order valence-corrected chi connectivity index (χ3v) is 4.14. The maximum atomic E-state index is 12.4. The summed E-state index contributed by atoms with van der Waals surface area (Å²) in [5.74, 6) is 0.0680. The van der Waals surface area contributed by atoms with Crippen LogP contribution in [-0.4, -0.2) is 22.9 Å². The van der Waals surface area contributed by atoms with Crippen LogP contribution < -0.4 is 5.73 Å². The number of hydrogen-bond donors (Lipinski definition) is 1. The molecule has 0 saturated heterocycles. The Kier molecular flexibility index (Phi) is 5.15. The van der Waals surface area contributed by atoms with Crippen molar-refractivity contribution >= 4 is 17.2 Å². The van der Waals surface area contributed by atoms with E-state index in [2.05, 4.69) is 6.07 Å². The molecule has 0 radical (unpaired) electrons. The summed E-state index contributed by atoms with van der Waals surface area (Å²) < 4.78 is 0. The lowest BCUT2D eigenvalue weighted by Crippen LogP contribution is -2.54. The highest BCUT2D eigenvalue weighted by Crippen LogP contribution is 2.18. The van der Waals surface area contributed by atoms with Crippen molar-refractivity contribution in [2.45, 2.75) is 45.7 Å². The summed E-state index contributed by atoms with van der Waals surface area (Å²) in [5.41, 5.74) is 5.46. The van der Waals surface area contributed by atoms with Gasteiger partial charge in [0, 0.05) is 11.4 Å². The Morgan fingerprint density at radius 2 is 2.06 bits per heavy atom. The van der Waals surface area contributed by atoms with Crippen molar-refractivity contribution in [1.82, 2.24) is 4.90 Å². The van der Waals surface area contributed by atoms with Crippen molar-refractivity contribution in [1.29, 1.82) is 0 Å². The fourth-order valence-electron chi connectivity index (χ4n) is 1.79. The summed E-state index contributed by atoms with van der Waals surface area (Å²) in [6.07, 6.45) is 1.37. The lowest BCUT2D eigenvalue weighted by Gasteiger charge is -2.32. The van der Waals surface area contributed by atoms with Crippen LogP contribution in [0.1, 0.15) is 38.5 Å². The van der Waals surface area contributed by atoms with E-state index in [4.69, 9.17) is 5.73 Å². The zero-order valence-corrected chi connectivity index (χ0v) is 11.7. The molecule has 1 heterocycles. The molecule has 0 fully saturated rings. The predicted molar refractivity (Wildman–Crippen MR) is 72.9 cm³/mol. The Hall–Kier alpha value is -0.870. The van der Waals surface area contributed by atoms with Crippen LogP contribution in [0.2, 0.25) is 0 Å². The topological polar surface area (TPSA) is 46.3 Å².